The third kappa shape index (κ3) is 3.89. The summed E-state index contributed by atoms with van der Waals surface area (Å²) in [6, 6.07) is 2.49. The SMILES string of the molecule is CCC[C@@H]1CN(C(=O)Nc2ccc(F)cn2)CCO1. The number of carbonyl (C=O) groups is 1. The molecule has 1 N–H and O–H groups in total. The number of aromatic nitrogens is 1. The fourth-order valence-corrected chi connectivity index (χ4v) is 2.04. The summed E-state index contributed by atoms with van der Waals surface area (Å²) in [6.45, 7) is 3.79. The molecule has 2 rings (SSSR count). The van der Waals surface area contributed by atoms with Gasteiger partial charge in [-0.3, -0.25) is 5.32 Å². The van der Waals surface area contributed by atoms with Gasteiger partial charge in [0.2, 0.25) is 0 Å². The monoisotopic (exact) mass is 267 g/mol. The van der Waals surface area contributed by atoms with Crippen LogP contribution in [-0.2, 0) is 4.74 Å². The predicted molar refractivity (Wildman–Crippen MR) is 69.4 cm³/mol. The summed E-state index contributed by atoms with van der Waals surface area (Å²) in [4.78, 5) is 17.5. The van der Waals surface area contributed by atoms with E-state index in [-0.39, 0.29) is 12.1 Å². The lowest BCUT2D eigenvalue weighted by Crippen LogP contribution is -2.47. The molecule has 6 heteroatoms. The van der Waals surface area contributed by atoms with Crippen LogP contribution in [0.4, 0.5) is 15.0 Å². The van der Waals surface area contributed by atoms with E-state index < -0.39 is 5.82 Å². The van der Waals surface area contributed by atoms with Crippen molar-refractivity contribution in [2.75, 3.05) is 25.0 Å². The van der Waals surface area contributed by atoms with Gasteiger partial charge in [0, 0.05) is 13.1 Å². The second-order valence-corrected chi connectivity index (χ2v) is 4.52. The van der Waals surface area contributed by atoms with E-state index in [1.54, 1.807) is 4.90 Å². The second-order valence-electron chi connectivity index (χ2n) is 4.52. The highest BCUT2D eigenvalue weighted by atomic mass is 19.1. The smallest absolute Gasteiger partial charge is 0.323 e. The van der Waals surface area contributed by atoms with Gasteiger partial charge < -0.3 is 9.64 Å². The highest BCUT2D eigenvalue weighted by molar-refractivity contribution is 5.88. The number of carbonyl (C=O) groups excluding carboxylic acids is 1. The van der Waals surface area contributed by atoms with Crippen molar-refractivity contribution in [3.63, 3.8) is 0 Å². The fourth-order valence-electron chi connectivity index (χ4n) is 2.04. The molecule has 0 radical (unpaired) electrons. The minimum Gasteiger partial charge on any atom is -0.375 e. The quantitative estimate of drug-likeness (QED) is 0.914. The van der Waals surface area contributed by atoms with Gasteiger partial charge in [0.15, 0.2) is 0 Å². The van der Waals surface area contributed by atoms with E-state index in [0.29, 0.717) is 25.5 Å². The third-order valence-corrected chi connectivity index (χ3v) is 3.00. The van der Waals surface area contributed by atoms with Crippen LogP contribution in [0.15, 0.2) is 18.3 Å². The Morgan fingerprint density at radius 1 is 1.63 bits per heavy atom. The molecular formula is C13H18FN3O2. The van der Waals surface area contributed by atoms with E-state index in [1.807, 2.05) is 0 Å². The standard InChI is InChI=1S/C13H18FN3O2/c1-2-3-11-9-17(6-7-19-11)13(18)16-12-5-4-10(14)8-15-12/h4-5,8,11H,2-3,6-7,9H2,1H3,(H,15,16,18)/t11-/m1/s1. The Morgan fingerprint density at radius 3 is 3.16 bits per heavy atom. The van der Waals surface area contributed by atoms with E-state index in [9.17, 15) is 9.18 Å². The Labute approximate surface area is 111 Å². The van der Waals surface area contributed by atoms with E-state index in [1.165, 1.54) is 12.1 Å². The Hall–Kier alpha value is -1.69. The summed E-state index contributed by atoms with van der Waals surface area (Å²) in [5.74, 6) is -0.0719. The van der Waals surface area contributed by atoms with E-state index in [4.69, 9.17) is 4.74 Å². The molecule has 1 aromatic rings. The Kier molecular flexibility index (Phi) is 4.68. The maximum Gasteiger partial charge on any atom is 0.323 e. The van der Waals surface area contributed by atoms with Gasteiger partial charge in [-0.1, -0.05) is 13.3 Å². The molecule has 0 aromatic carbocycles. The number of morpholine rings is 1. The molecule has 2 heterocycles. The summed E-state index contributed by atoms with van der Waals surface area (Å²) in [5, 5.41) is 2.66. The summed E-state index contributed by atoms with van der Waals surface area (Å²) >= 11 is 0. The van der Waals surface area contributed by atoms with Crippen LogP contribution in [-0.4, -0.2) is 41.7 Å². The van der Waals surface area contributed by atoms with Crippen LogP contribution in [0.1, 0.15) is 19.8 Å². The molecule has 1 atom stereocenters. The number of rotatable bonds is 3. The maximum absolute atomic E-state index is 12.7. The first-order valence-corrected chi connectivity index (χ1v) is 6.48. The number of pyridine rings is 1. The first-order chi connectivity index (χ1) is 9.19. The molecule has 0 aliphatic carbocycles. The highest BCUT2D eigenvalue weighted by Crippen LogP contribution is 2.12. The number of urea groups is 1. The summed E-state index contributed by atoms with van der Waals surface area (Å²) in [7, 11) is 0. The van der Waals surface area contributed by atoms with Crippen molar-refractivity contribution in [1.29, 1.82) is 0 Å². The molecule has 1 aromatic heterocycles. The fraction of sp³-hybridized carbons (Fsp3) is 0.538. The molecule has 0 bridgehead atoms. The number of halogens is 1. The lowest BCUT2D eigenvalue weighted by Gasteiger charge is -2.32. The lowest BCUT2D eigenvalue weighted by atomic mass is 10.2. The van der Waals surface area contributed by atoms with Crippen LogP contribution in [0.3, 0.4) is 0 Å². The van der Waals surface area contributed by atoms with Gasteiger partial charge in [0.25, 0.3) is 0 Å². The zero-order chi connectivity index (χ0) is 13.7. The van der Waals surface area contributed by atoms with Crippen molar-refractivity contribution < 1.29 is 13.9 Å². The van der Waals surface area contributed by atoms with Crippen molar-refractivity contribution in [2.24, 2.45) is 0 Å². The van der Waals surface area contributed by atoms with E-state index >= 15 is 0 Å². The predicted octanol–water partition coefficient (Wildman–Crippen LogP) is 2.25. The Morgan fingerprint density at radius 2 is 2.47 bits per heavy atom. The van der Waals surface area contributed by atoms with Crippen molar-refractivity contribution in [2.45, 2.75) is 25.9 Å². The van der Waals surface area contributed by atoms with Gasteiger partial charge in [0.05, 0.1) is 18.9 Å². The first kappa shape index (κ1) is 13.7. The summed E-state index contributed by atoms with van der Waals surface area (Å²) < 4.78 is 18.3. The van der Waals surface area contributed by atoms with Crippen molar-refractivity contribution in [1.82, 2.24) is 9.88 Å². The number of amides is 2. The molecule has 0 spiro atoms. The topological polar surface area (TPSA) is 54.5 Å². The molecule has 2 amide bonds. The molecule has 0 unspecified atom stereocenters. The van der Waals surface area contributed by atoms with E-state index in [2.05, 4.69) is 17.2 Å². The molecule has 1 aliphatic rings. The van der Waals surface area contributed by atoms with Gasteiger partial charge in [0.1, 0.15) is 11.6 Å². The zero-order valence-electron chi connectivity index (χ0n) is 10.9. The van der Waals surface area contributed by atoms with Gasteiger partial charge >= 0.3 is 6.03 Å². The first-order valence-electron chi connectivity index (χ1n) is 6.48. The Bertz CT molecular complexity index is 422. The van der Waals surface area contributed by atoms with Crippen LogP contribution in [0.25, 0.3) is 0 Å². The summed E-state index contributed by atoms with van der Waals surface area (Å²) in [6.07, 6.45) is 3.15. The zero-order valence-corrected chi connectivity index (χ0v) is 10.9. The molecule has 0 saturated carbocycles. The summed E-state index contributed by atoms with van der Waals surface area (Å²) in [5.41, 5.74) is 0. The molecule has 19 heavy (non-hydrogen) atoms. The van der Waals surface area contributed by atoms with Gasteiger partial charge in [-0.15, -0.1) is 0 Å². The van der Waals surface area contributed by atoms with Crippen LogP contribution < -0.4 is 5.32 Å². The van der Waals surface area contributed by atoms with Gasteiger partial charge in [-0.05, 0) is 18.6 Å². The average Bonchev–Trinajstić information content (AvgIpc) is 2.42. The number of hydrogen-bond donors (Lipinski definition) is 1. The number of nitrogens with one attached hydrogen (secondary N) is 1. The van der Waals surface area contributed by atoms with Gasteiger partial charge in [-0.2, -0.15) is 0 Å². The van der Waals surface area contributed by atoms with Crippen LogP contribution in [0, 0.1) is 5.82 Å². The number of ether oxygens (including phenoxy) is 1. The largest absolute Gasteiger partial charge is 0.375 e. The average molecular weight is 267 g/mol. The normalized spacial score (nSPS) is 19.3. The second kappa shape index (κ2) is 6.47. The number of hydrogen-bond acceptors (Lipinski definition) is 3. The van der Waals surface area contributed by atoms with Crippen LogP contribution >= 0.6 is 0 Å². The lowest BCUT2D eigenvalue weighted by molar-refractivity contribution is -0.0162. The molecule has 1 fully saturated rings. The minimum atomic E-state index is -0.424. The van der Waals surface area contributed by atoms with Crippen molar-refractivity contribution in [3.8, 4) is 0 Å². The van der Waals surface area contributed by atoms with Gasteiger partial charge in [-0.25, -0.2) is 14.2 Å². The Balaban J connectivity index is 1.90. The van der Waals surface area contributed by atoms with E-state index in [0.717, 1.165) is 19.0 Å². The third-order valence-electron chi connectivity index (χ3n) is 3.00. The molecule has 1 saturated heterocycles. The molecule has 1 aliphatic heterocycles. The minimum absolute atomic E-state index is 0.102. The van der Waals surface area contributed by atoms with Crippen LogP contribution in [0.2, 0.25) is 0 Å². The number of anilines is 1. The van der Waals surface area contributed by atoms with Crippen LogP contribution in [0.5, 0.6) is 0 Å². The van der Waals surface area contributed by atoms with Crippen molar-refractivity contribution >= 4 is 11.8 Å². The van der Waals surface area contributed by atoms with Crippen molar-refractivity contribution in [3.05, 3.63) is 24.1 Å². The molecule has 104 valence electrons. The molecule has 5 nitrogen and oxygen atoms in total. The molecular weight excluding hydrogens is 249 g/mol. The highest BCUT2D eigenvalue weighted by Gasteiger charge is 2.23. The number of nitrogens with zero attached hydrogens (tertiary/aromatic N) is 2. The maximum atomic E-state index is 12.7.